The summed E-state index contributed by atoms with van der Waals surface area (Å²) in [4.78, 5) is 43.5. The van der Waals surface area contributed by atoms with Gasteiger partial charge in [0.15, 0.2) is 0 Å². The van der Waals surface area contributed by atoms with Crippen LogP contribution < -0.4 is 4.74 Å². The molecule has 0 N–H and O–H groups in total. The van der Waals surface area contributed by atoms with E-state index in [1.54, 1.807) is 31.2 Å². The van der Waals surface area contributed by atoms with Crippen LogP contribution in [-0.4, -0.2) is 67.0 Å². The molecule has 0 unspecified atom stereocenters. The van der Waals surface area contributed by atoms with Crippen molar-refractivity contribution in [2.75, 3.05) is 27.4 Å². The van der Waals surface area contributed by atoms with Crippen LogP contribution in [-0.2, 0) is 24.5 Å². The summed E-state index contributed by atoms with van der Waals surface area (Å²) in [6.45, 7) is 1.28. The smallest absolute Gasteiger partial charge is 0.241 e. The van der Waals surface area contributed by atoms with E-state index in [0.29, 0.717) is 24.5 Å². The normalized spacial score (nSPS) is 25.3. The molecule has 1 atom stereocenters. The van der Waals surface area contributed by atoms with Gasteiger partial charge in [-0.1, -0.05) is 25.0 Å². The third-order valence-electron chi connectivity index (χ3n) is 7.27. The molecule has 0 spiro atoms. The number of ether oxygens (including phenoxy) is 2. The quantitative estimate of drug-likeness (QED) is 0.651. The zero-order valence-corrected chi connectivity index (χ0v) is 18.5. The van der Waals surface area contributed by atoms with Crippen molar-refractivity contribution in [2.45, 2.75) is 68.9 Å². The number of carbonyl (C=O) groups is 3. The molecule has 31 heavy (non-hydrogen) atoms. The Morgan fingerprint density at radius 2 is 1.77 bits per heavy atom. The minimum atomic E-state index is -1.15. The number of rotatable bonds is 6. The molecule has 1 aromatic rings. The minimum Gasteiger partial charge on any atom is -0.497 e. The molecule has 3 amide bonds. The Hall–Kier alpha value is -2.41. The second kappa shape index (κ2) is 8.99. The van der Waals surface area contributed by atoms with Crippen LogP contribution in [0.15, 0.2) is 24.3 Å². The number of carbonyl (C=O) groups excluding carboxylic acids is 3. The summed E-state index contributed by atoms with van der Waals surface area (Å²) in [5.74, 6) is 0.198. The highest BCUT2D eigenvalue weighted by atomic mass is 16.5. The van der Waals surface area contributed by atoms with Crippen LogP contribution in [0.2, 0.25) is 0 Å². The fraction of sp³-hybridized carbons (Fsp3) is 0.625. The van der Waals surface area contributed by atoms with Crippen molar-refractivity contribution in [3.8, 4) is 5.75 Å². The number of benzene rings is 1. The van der Waals surface area contributed by atoms with Crippen LogP contribution in [0.1, 0.15) is 56.9 Å². The number of methoxy groups -OCH3 is 1. The molecule has 2 heterocycles. The molecule has 3 fully saturated rings. The van der Waals surface area contributed by atoms with Gasteiger partial charge in [0.25, 0.3) is 0 Å². The van der Waals surface area contributed by atoms with E-state index >= 15 is 0 Å². The summed E-state index contributed by atoms with van der Waals surface area (Å²) < 4.78 is 10.7. The third-order valence-corrected chi connectivity index (χ3v) is 7.27. The highest BCUT2D eigenvalue weighted by Crippen LogP contribution is 2.43. The molecular formula is C24H32N2O5. The predicted molar refractivity (Wildman–Crippen MR) is 115 cm³/mol. The van der Waals surface area contributed by atoms with Crippen molar-refractivity contribution in [1.29, 1.82) is 0 Å². The monoisotopic (exact) mass is 428 g/mol. The molecule has 4 rings (SSSR count). The lowest BCUT2D eigenvalue weighted by atomic mass is 9.75. The lowest BCUT2D eigenvalue weighted by Gasteiger charge is -2.35. The highest BCUT2D eigenvalue weighted by Gasteiger charge is 2.56. The van der Waals surface area contributed by atoms with E-state index < -0.39 is 5.41 Å². The van der Waals surface area contributed by atoms with Crippen LogP contribution in [0.3, 0.4) is 0 Å². The van der Waals surface area contributed by atoms with Crippen molar-refractivity contribution >= 4 is 17.7 Å². The molecule has 0 radical (unpaired) electrons. The average molecular weight is 429 g/mol. The van der Waals surface area contributed by atoms with Crippen LogP contribution >= 0.6 is 0 Å². The Morgan fingerprint density at radius 1 is 1.13 bits per heavy atom. The van der Waals surface area contributed by atoms with Crippen LogP contribution in [0, 0.1) is 0 Å². The van der Waals surface area contributed by atoms with Gasteiger partial charge in [0, 0.05) is 45.2 Å². The standard InChI is InChI=1S/C24H32N2O5/c1-25(18-11-13-31-14-12-18)21(27)15-24(17-7-9-20(30-2)10-8-17)16-22(28)26(23(24)29)19-5-3-4-6-19/h7-10,18-19H,3-6,11-16H2,1-2H3/t24-/m0/s1. The molecule has 3 aliphatic rings. The van der Waals surface area contributed by atoms with Crippen molar-refractivity contribution in [3.63, 3.8) is 0 Å². The number of amides is 3. The highest BCUT2D eigenvalue weighted by molar-refractivity contribution is 6.11. The van der Waals surface area contributed by atoms with E-state index in [-0.39, 0.29) is 42.6 Å². The summed E-state index contributed by atoms with van der Waals surface area (Å²) >= 11 is 0. The predicted octanol–water partition coefficient (Wildman–Crippen LogP) is 2.66. The van der Waals surface area contributed by atoms with E-state index in [1.807, 2.05) is 12.1 Å². The first-order chi connectivity index (χ1) is 15.0. The molecule has 168 valence electrons. The molecule has 1 saturated carbocycles. The van der Waals surface area contributed by atoms with Gasteiger partial charge in [0.2, 0.25) is 17.7 Å². The third kappa shape index (κ3) is 4.07. The summed E-state index contributed by atoms with van der Waals surface area (Å²) in [5.41, 5.74) is -0.441. The van der Waals surface area contributed by atoms with Gasteiger partial charge < -0.3 is 14.4 Å². The van der Waals surface area contributed by atoms with Gasteiger partial charge in [0.1, 0.15) is 5.75 Å². The fourth-order valence-corrected chi connectivity index (χ4v) is 5.33. The number of imide groups is 1. The van der Waals surface area contributed by atoms with Gasteiger partial charge in [-0.15, -0.1) is 0 Å². The Balaban J connectivity index is 1.65. The Kier molecular flexibility index (Phi) is 6.32. The van der Waals surface area contributed by atoms with Gasteiger partial charge in [-0.2, -0.15) is 0 Å². The van der Waals surface area contributed by atoms with Crippen molar-refractivity contribution < 1.29 is 23.9 Å². The summed E-state index contributed by atoms with van der Waals surface area (Å²) in [6.07, 6.45) is 5.39. The maximum absolute atomic E-state index is 13.8. The van der Waals surface area contributed by atoms with Gasteiger partial charge in [-0.3, -0.25) is 19.3 Å². The Labute approximate surface area is 183 Å². The van der Waals surface area contributed by atoms with Crippen molar-refractivity contribution in [2.24, 2.45) is 0 Å². The van der Waals surface area contributed by atoms with E-state index in [0.717, 1.165) is 38.5 Å². The fourth-order valence-electron chi connectivity index (χ4n) is 5.33. The van der Waals surface area contributed by atoms with Gasteiger partial charge >= 0.3 is 0 Å². The summed E-state index contributed by atoms with van der Waals surface area (Å²) in [6, 6.07) is 7.29. The first kappa shape index (κ1) is 21.8. The molecule has 2 aliphatic heterocycles. The average Bonchev–Trinajstić information content (AvgIpc) is 3.40. The van der Waals surface area contributed by atoms with E-state index in [1.165, 1.54) is 4.90 Å². The Morgan fingerprint density at radius 3 is 2.39 bits per heavy atom. The lowest BCUT2D eigenvalue weighted by Crippen LogP contribution is -2.47. The molecule has 2 saturated heterocycles. The SMILES string of the molecule is COc1ccc([C@]2(CC(=O)N(C)C3CCOCC3)CC(=O)N(C3CCCC3)C2=O)cc1. The molecular weight excluding hydrogens is 396 g/mol. The summed E-state index contributed by atoms with van der Waals surface area (Å²) in [5, 5.41) is 0. The maximum atomic E-state index is 13.8. The lowest BCUT2D eigenvalue weighted by molar-refractivity contribution is -0.145. The van der Waals surface area contributed by atoms with Crippen LogP contribution in [0.25, 0.3) is 0 Å². The Bertz CT molecular complexity index is 827. The zero-order valence-electron chi connectivity index (χ0n) is 18.5. The topological polar surface area (TPSA) is 76.2 Å². The summed E-state index contributed by atoms with van der Waals surface area (Å²) in [7, 11) is 3.39. The maximum Gasteiger partial charge on any atom is 0.241 e. The first-order valence-electron chi connectivity index (χ1n) is 11.3. The number of hydrogen-bond donors (Lipinski definition) is 0. The minimum absolute atomic E-state index is 0.000972. The van der Waals surface area contributed by atoms with Gasteiger partial charge in [-0.25, -0.2) is 0 Å². The second-order valence-electron chi connectivity index (χ2n) is 9.02. The molecule has 0 aromatic heterocycles. The number of nitrogens with zero attached hydrogens (tertiary/aromatic N) is 2. The number of likely N-dealkylation sites (tertiary alicyclic amines) is 1. The molecule has 0 bridgehead atoms. The zero-order chi connectivity index (χ0) is 22.0. The second-order valence-corrected chi connectivity index (χ2v) is 9.02. The van der Waals surface area contributed by atoms with Crippen molar-refractivity contribution in [3.05, 3.63) is 29.8 Å². The molecule has 1 aromatic carbocycles. The molecule has 7 nitrogen and oxygen atoms in total. The largest absolute Gasteiger partial charge is 0.497 e. The van der Waals surface area contributed by atoms with E-state index in [9.17, 15) is 14.4 Å². The van der Waals surface area contributed by atoms with Crippen LogP contribution in [0.5, 0.6) is 5.75 Å². The molecule has 7 heteroatoms. The first-order valence-corrected chi connectivity index (χ1v) is 11.3. The van der Waals surface area contributed by atoms with E-state index in [4.69, 9.17) is 9.47 Å². The van der Waals surface area contributed by atoms with Gasteiger partial charge in [0.05, 0.1) is 12.5 Å². The van der Waals surface area contributed by atoms with Crippen LogP contribution in [0.4, 0.5) is 0 Å². The van der Waals surface area contributed by atoms with E-state index in [2.05, 4.69) is 0 Å². The number of hydrogen-bond acceptors (Lipinski definition) is 5. The molecule has 1 aliphatic carbocycles. The van der Waals surface area contributed by atoms with Gasteiger partial charge in [-0.05, 0) is 43.4 Å². The van der Waals surface area contributed by atoms with Crippen molar-refractivity contribution in [1.82, 2.24) is 9.80 Å².